The van der Waals surface area contributed by atoms with Gasteiger partial charge in [0.2, 0.25) is 11.8 Å². The zero-order valence-corrected chi connectivity index (χ0v) is 33.1. The summed E-state index contributed by atoms with van der Waals surface area (Å²) in [4.78, 5) is 33.0. The molecule has 0 atom stereocenters. The minimum Gasteiger partial charge on any atom is -0.508 e. The molecule has 0 aliphatic rings. The quantitative estimate of drug-likeness (QED) is 0.0733. The van der Waals surface area contributed by atoms with Crippen LogP contribution in [0, 0.1) is 50.0 Å². The fourth-order valence-electron chi connectivity index (χ4n) is 4.66. The average Bonchev–Trinajstić information content (AvgIpc) is 3.17. The van der Waals surface area contributed by atoms with Gasteiger partial charge in [0.15, 0.2) is 0 Å². The lowest BCUT2D eigenvalue weighted by Crippen LogP contribution is -2.31. The molecule has 0 spiro atoms. The van der Waals surface area contributed by atoms with E-state index >= 15 is 0 Å². The summed E-state index contributed by atoms with van der Waals surface area (Å²) in [6.45, 7) is 7.72. The van der Waals surface area contributed by atoms with E-state index in [0.717, 1.165) is 18.3 Å². The maximum absolute atomic E-state index is 12.3. The van der Waals surface area contributed by atoms with Crippen molar-refractivity contribution < 1.29 is 19.8 Å². The summed E-state index contributed by atoms with van der Waals surface area (Å²) in [5.41, 5.74) is 14.2. The summed E-state index contributed by atoms with van der Waals surface area (Å²) in [6, 6.07) is 20.3. The van der Waals surface area contributed by atoms with Crippen molar-refractivity contribution in [2.75, 3.05) is 49.2 Å². The van der Waals surface area contributed by atoms with Crippen molar-refractivity contribution in [1.82, 2.24) is 19.8 Å². The Hall–Kier alpha value is -6.11. The molecule has 2 amide bonds. The van der Waals surface area contributed by atoms with E-state index in [9.17, 15) is 40.8 Å². The second kappa shape index (κ2) is 21.4. The number of alkyl halides is 1. The molecule has 17 heteroatoms. The summed E-state index contributed by atoms with van der Waals surface area (Å²) in [5, 5.41) is 57.1. The first-order valence-corrected chi connectivity index (χ1v) is 18.6. The lowest BCUT2D eigenvalue weighted by molar-refractivity contribution is -0.128. The van der Waals surface area contributed by atoms with Gasteiger partial charge in [0.1, 0.15) is 68.2 Å². The molecule has 0 radical (unpaired) electrons. The number of pyridine rings is 2. The number of H-pyrrole nitrogens is 1. The highest BCUT2D eigenvalue weighted by Gasteiger charge is 2.22. The number of nitrogen functional groups attached to an aromatic ring is 2. The lowest BCUT2D eigenvalue weighted by atomic mass is 9.97. The molecule has 0 saturated heterocycles. The van der Waals surface area contributed by atoms with E-state index in [1.165, 1.54) is 24.3 Å². The van der Waals surface area contributed by atoms with Crippen LogP contribution < -0.4 is 11.5 Å². The Morgan fingerprint density at radius 2 is 1.26 bits per heavy atom. The van der Waals surface area contributed by atoms with Crippen LogP contribution in [-0.2, 0) is 9.59 Å². The van der Waals surface area contributed by atoms with Gasteiger partial charge in [-0.15, -0.1) is 0 Å². The zero-order valence-electron chi connectivity index (χ0n) is 29.8. The highest BCUT2D eigenvalue weighted by atomic mass is 79.9. The number of nitriles is 4. The summed E-state index contributed by atoms with van der Waals surface area (Å²) < 4.78 is 0.182. The molecule has 2 heterocycles. The molecule has 14 nitrogen and oxygen atoms in total. The van der Waals surface area contributed by atoms with Crippen molar-refractivity contribution in [2.24, 2.45) is 0 Å². The fraction of sp³-hybridized carbons (Fsp3) is 0.243. The summed E-state index contributed by atoms with van der Waals surface area (Å²) in [5.74, 6) is 0.459. The summed E-state index contributed by atoms with van der Waals surface area (Å²) in [7, 11) is 1.78. The topological polar surface area (TPSA) is 257 Å². The molecule has 0 unspecified atom stereocenters. The second-order valence-electron chi connectivity index (χ2n) is 10.9. The number of anilines is 2. The van der Waals surface area contributed by atoms with Gasteiger partial charge in [0.05, 0.1) is 22.2 Å². The minimum atomic E-state index is -0.0650. The van der Waals surface area contributed by atoms with E-state index in [-0.39, 0.29) is 67.6 Å². The van der Waals surface area contributed by atoms with Gasteiger partial charge >= 0.3 is 0 Å². The van der Waals surface area contributed by atoms with E-state index in [1.807, 2.05) is 39.0 Å². The fourth-order valence-corrected chi connectivity index (χ4v) is 6.24. The maximum atomic E-state index is 12.3. The number of nitrogens with two attached hydrogens (primary N) is 2. The van der Waals surface area contributed by atoms with Gasteiger partial charge in [-0.3, -0.25) is 9.59 Å². The number of nitrogens with one attached hydrogen (secondary N) is 1. The van der Waals surface area contributed by atoms with E-state index in [1.54, 1.807) is 41.1 Å². The predicted molar refractivity (Wildman–Crippen MR) is 214 cm³/mol. The number of phenols is 2. The van der Waals surface area contributed by atoms with Crippen LogP contribution in [-0.4, -0.2) is 79.6 Å². The Labute approximate surface area is 331 Å². The third-order valence-corrected chi connectivity index (χ3v) is 9.40. The first-order chi connectivity index (χ1) is 25.8. The Morgan fingerprint density at radius 1 is 0.796 bits per heavy atom. The van der Waals surface area contributed by atoms with Crippen LogP contribution in [0.3, 0.4) is 0 Å². The number of aromatic nitrogens is 2. The number of hydrogen-bond donors (Lipinski definition) is 5. The number of aromatic hydroxyl groups is 2. The van der Waals surface area contributed by atoms with Gasteiger partial charge < -0.3 is 36.5 Å². The summed E-state index contributed by atoms with van der Waals surface area (Å²) in [6.07, 6.45) is 0. The molecule has 4 aromatic rings. The molecule has 2 aromatic carbocycles. The Morgan fingerprint density at radius 3 is 1.65 bits per heavy atom. The molecule has 4 rings (SSSR count). The number of hydrogen-bond acceptors (Lipinski definition) is 13. The molecule has 0 aliphatic carbocycles. The number of phenolic OH excluding ortho intramolecular Hbond substituents is 2. The number of benzene rings is 2. The molecule has 7 N–H and O–H groups in total. The van der Waals surface area contributed by atoms with Crippen LogP contribution in [0.4, 0.5) is 11.6 Å². The molecule has 0 fully saturated rings. The average molecular weight is 830 g/mol. The first-order valence-electron chi connectivity index (χ1n) is 16.1. The van der Waals surface area contributed by atoms with Gasteiger partial charge in [-0.25, -0.2) is 4.98 Å². The minimum absolute atomic E-state index is 0.00244. The van der Waals surface area contributed by atoms with Crippen molar-refractivity contribution in [3.05, 3.63) is 75.4 Å². The first kappa shape index (κ1) is 44.1. The largest absolute Gasteiger partial charge is 0.508 e. The molecule has 2 aromatic heterocycles. The van der Waals surface area contributed by atoms with Crippen LogP contribution in [0.1, 0.15) is 43.0 Å². The monoisotopic (exact) mass is 828 g/mol. The number of aromatic amines is 1. The predicted octanol–water partition coefficient (Wildman–Crippen LogP) is 6.04. The number of halogens is 1. The van der Waals surface area contributed by atoms with Crippen molar-refractivity contribution in [3.8, 4) is 58.0 Å². The van der Waals surface area contributed by atoms with E-state index in [0.29, 0.717) is 45.7 Å². The van der Waals surface area contributed by atoms with Gasteiger partial charge in [0.25, 0.3) is 0 Å². The van der Waals surface area contributed by atoms with Crippen LogP contribution in [0.5, 0.6) is 11.5 Å². The number of carbonyl (C=O) groups is 2. The van der Waals surface area contributed by atoms with Crippen molar-refractivity contribution in [3.63, 3.8) is 0 Å². The van der Waals surface area contributed by atoms with Crippen molar-refractivity contribution in [2.45, 2.75) is 25.8 Å². The highest BCUT2D eigenvalue weighted by molar-refractivity contribution is 9.09. The molecule has 0 saturated carbocycles. The zero-order chi connectivity index (χ0) is 40.5. The summed E-state index contributed by atoms with van der Waals surface area (Å²) >= 11 is 9.23. The highest BCUT2D eigenvalue weighted by Crippen LogP contribution is 2.36. The van der Waals surface area contributed by atoms with Crippen molar-refractivity contribution in [1.29, 1.82) is 21.0 Å². The SMILES string of the molecule is CCN(C)C(=O)CBr.CCN(CC)C(=O)CSc1nc(N)c(C#N)c(-c2ccc(O)cc2)c1C#N.N#Cc1c(N)[nH]c(=S)c(C#N)c1-c1ccc(O)cc1. The number of carbonyl (C=O) groups excluding carboxylic acids is 2. The Balaban J connectivity index is 0.000000323. The van der Waals surface area contributed by atoms with Crippen LogP contribution >= 0.6 is 39.9 Å². The standard InChI is InChI=1S/C19H19N5O2S.C13H8N4OS.C5H10BrNO/c1-3-24(4-2)16(26)11-27-19-15(10-21)17(14(9-20)18(22)23-19)12-5-7-13(25)8-6-12;14-5-9-11(7-1-3-8(18)4-2-7)10(6-15)13(19)17-12(9)16;1-3-7(2)5(8)4-6/h5-8,25H,3-4,11H2,1-2H3,(H2,22,23);1-4,18H,(H3,16,17,19);3-4H2,1-2H3. The molecule has 278 valence electrons. The second-order valence-corrected chi connectivity index (χ2v) is 12.8. The number of thioether (sulfide) groups is 1. The third-order valence-electron chi connectivity index (χ3n) is 7.66. The Kier molecular flexibility index (Phi) is 17.5. The van der Waals surface area contributed by atoms with Gasteiger partial charge in [0, 0.05) is 37.8 Å². The molecular formula is C37H37BrN10O4S2. The lowest BCUT2D eigenvalue weighted by Gasteiger charge is -2.18. The van der Waals surface area contributed by atoms with Crippen LogP contribution in [0.25, 0.3) is 22.3 Å². The molecule has 54 heavy (non-hydrogen) atoms. The smallest absolute Gasteiger partial charge is 0.232 e. The molecule has 0 aliphatic heterocycles. The van der Waals surface area contributed by atoms with Gasteiger partial charge in [-0.1, -0.05) is 64.2 Å². The molecule has 0 bridgehead atoms. The number of amides is 2. The van der Waals surface area contributed by atoms with E-state index < -0.39 is 0 Å². The number of rotatable bonds is 9. The van der Waals surface area contributed by atoms with Gasteiger partial charge in [-0.2, -0.15) is 21.0 Å². The Bertz CT molecular complexity index is 2200. The van der Waals surface area contributed by atoms with E-state index in [4.69, 9.17) is 23.7 Å². The van der Waals surface area contributed by atoms with Crippen molar-refractivity contribution >= 4 is 63.4 Å². The van der Waals surface area contributed by atoms with Crippen LogP contribution in [0.15, 0.2) is 53.6 Å². The normalized spacial score (nSPS) is 9.72. The molecular weight excluding hydrogens is 793 g/mol. The third kappa shape index (κ3) is 11.2. The van der Waals surface area contributed by atoms with Crippen LogP contribution in [0.2, 0.25) is 0 Å². The van der Waals surface area contributed by atoms with Gasteiger partial charge in [-0.05, 0) is 56.2 Å². The van der Waals surface area contributed by atoms with E-state index in [2.05, 4.69) is 32.0 Å². The number of nitrogens with zero attached hydrogens (tertiary/aromatic N) is 7. The maximum Gasteiger partial charge on any atom is 0.232 e.